The van der Waals surface area contributed by atoms with Gasteiger partial charge in [0.05, 0.1) is 38.6 Å². The summed E-state index contributed by atoms with van der Waals surface area (Å²) >= 11 is 0. The second-order valence-electron chi connectivity index (χ2n) is 12.5. The Kier molecular flexibility index (Phi) is 12.1. The van der Waals surface area contributed by atoms with Gasteiger partial charge in [-0.3, -0.25) is 5.32 Å². The van der Waals surface area contributed by atoms with Crippen LogP contribution in [0.3, 0.4) is 0 Å². The van der Waals surface area contributed by atoms with Gasteiger partial charge >= 0.3 is 36.4 Å². The summed E-state index contributed by atoms with van der Waals surface area (Å²) in [7, 11) is -9.49. The van der Waals surface area contributed by atoms with Gasteiger partial charge in [0.15, 0.2) is 23.0 Å². The fourth-order valence-corrected chi connectivity index (χ4v) is 6.28. The van der Waals surface area contributed by atoms with Crippen LogP contribution in [0.15, 0.2) is 72.8 Å². The van der Waals surface area contributed by atoms with E-state index in [1.54, 1.807) is 45.0 Å². The van der Waals surface area contributed by atoms with Gasteiger partial charge in [-0.15, -0.1) is 0 Å². The Balaban J connectivity index is 1.79. The number of amides is 1. The van der Waals surface area contributed by atoms with Crippen molar-refractivity contribution < 1.29 is 61.5 Å². The lowest BCUT2D eigenvalue weighted by Gasteiger charge is -2.21. The third kappa shape index (κ3) is 11.9. The first kappa shape index (κ1) is 40.6. The predicted molar refractivity (Wildman–Crippen MR) is 197 cm³/mol. The molecule has 0 aromatic heterocycles. The molecule has 286 valence electrons. The van der Waals surface area contributed by atoms with E-state index in [4.69, 9.17) is 31.5 Å². The fraction of sp³-hybridized carbons (Fsp3) is 0.286. The fourth-order valence-electron chi connectivity index (χ4n) is 4.90. The largest absolute Gasteiger partial charge is 0.496 e. The monoisotopic (exact) mass is 793 g/mol. The number of carbonyl (C=O) groups is 1. The van der Waals surface area contributed by atoms with Crippen LogP contribution in [0, 0.1) is 0 Å². The molecule has 1 amide bonds. The van der Waals surface area contributed by atoms with E-state index in [9.17, 15) is 30.0 Å². The van der Waals surface area contributed by atoms with E-state index in [-0.39, 0.29) is 52.2 Å². The van der Waals surface area contributed by atoms with Crippen LogP contribution in [0.2, 0.25) is 0 Å². The van der Waals surface area contributed by atoms with Crippen molar-refractivity contribution in [2.45, 2.75) is 33.0 Å². The Morgan fingerprint density at radius 1 is 0.660 bits per heavy atom. The zero-order valence-corrected chi connectivity index (χ0v) is 32.5. The maximum atomic E-state index is 12.6. The average molecular weight is 794 g/mol. The molecule has 15 nitrogen and oxygen atoms in total. The minimum absolute atomic E-state index is 0.00853. The number of rotatable bonds is 14. The van der Waals surface area contributed by atoms with Crippen molar-refractivity contribution in [3.8, 4) is 56.8 Å². The lowest BCUT2D eigenvalue weighted by atomic mass is 9.96. The summed E-state index contributed by atoms with van der Waals surface area (Å²) in [5.74, 6) is -0.455. The molecule has 0 atom stereocenters. The van der Waals surface area contributed by atoms with Gasteiger partial charge in [-0.05, 0) is 79.9 Å². The van der Waals surface area contributed by atoms with E-state index in [0.29, 0.717) is 22.4 Å². The zero-order chi connectivity index (χ0) is 39.4. The van der Waals surface area contributed by atoms with Crippen molar-refractivity contribution in [3.63, 3.8) is 0 Å². The highest BCUT2D eigenvalue weighted by Crippen LogP contribution is 2.52. The highest BCUT2D eigenvalue weighted by atomic mass is 32.2. The molecule has 0 aliphatic carbocycles. The molecule has 0 aliphatic heterocycles. The zero-order valence-electron chi connectivity index (χ0n) is 30.1. The summed E-state index contributed by atoms with van der Waals surface area (Å²) < 4.78 is 111. The molecule has 0 saturated carbocycles. The molecular formula is C35H39NO14S3. The van der Waals surface area contributed by atoms with E-state index < -0.39 is 42.0 Å². The van der Waals surface area contributed by atoms with Crippen molar-refractivity contribution in [2.75, 3.05) is 38.3 Å². The summed E-state index contributed by atoms with van der Waals surface area (Å²) in [6, 6.07) is 18.3. The highest BCUT2D eigenvalue weighted by molar-refractivity contribution is 7.86. The molecule has 0 spiro atoms. The van der Waals surface area contributed by atoms with Gasteiger partial charge in [0.25, 0.3) is 0 Å². The van der Waals surface area contributed by atoms with Crippen molar-refractivity contribution in [3.05, 3.63) is 78.4 Å². The SMILES string of the molecule is COc1cc(-c2ccc(OS(C)(=O)=O)cc2)c(OC)c(OS(C)(=O)=O)c1-c1ccc(OCc2cccc(NC(=O)OC(C)(C)C)c2)c(OS(C)(=O)=O)c1. The molecule has 0 bridgehead atoms. The Labute approximate surface area is 309 Å². The van der Waals surface area contributed by atoms with E-state index in [2.05, 4.69) is 5.32 Å². The Morgan fingerprint density at radius 3 is 1.85 bits per heavy atom. The molecule has 1 N–H and O–H groups in total. The van der Waals surface area contributed by atoms with Crippen molar-refractivity contribution in [1.29, 1.82) is 0 Å². The van der Waals surface area contributed by atoms with E-state index in [0.717, 1.165) is 18.8 Å². The van der Waals surface area contributed by atoms with Crippen LogP contribution in [0.5, 0.6) is 34.5 Å². The van der Waals surface area contributed by atoms with Crippen LogP contribution in [0.25, 0.3) is 22.3 Å². The van der Waals surface area contributed by atoms with Crippen LogP contribution in [0.1, 0.15) is 26.3 Å². The third-order valence-corrected chi connectivity index (χ3v) is 8.16. The topological polar surface area (TPSA) is 196 Å². The lowest BCUT2D eigenvalue weighted by molar-refractivity contribution is 0.0635. The quantitative estimate of drug-likeness (QED) is 0.146. The highest BCUT2D eigenvalue weighted by Gasteiger charge is 2.28. The van der Waals surface area contributed by atoms with Gasteiger partial charge in [-0.2, -0.15) is 25.3 Å². The maximum Gasteiger partial charge on any atom is 0.412 e. The minimum atomic E-state index is -4.21. The van der Waals surface area contributed by atoms with Crippen LogP contribution in [-0.4, -0.2) is 69.9 Å². The Bertz CT molecular complexity index is 2320. The molecule has 4 aromatic rings. The lowest BCUT2D eigenvalue weighted by Crippen LogP contribution is -2.27. The Morgan fingerprint density at radius 2 is 1.28 bits per heavy atom. The van der Waals surface area contributed by atoms with Crippen molar-refractivity contribution in [1.82, 2.24) is 0 Å². The smallest absolute Gasteiger partial charge is 0.412 e. The number of hydrogen-bond acceptors (Lipinski definition) is 14. The molecule has 0 aliphatic rings. The van der Waals surface area contributed by atoms with E-state index in [1.165, 1.54) is 62.8 Å². The molecule has 0 unspecified atom stereocenters. The molecule has 0 saturated heterocycles. The second-order valence-corrected chi connectivity index (χ2v) is 17.3. The van der Waals surface area contributed by atoms with Crippen LogP contribution in [0.4, 0.5) is 10.5 Å². The van der Waals surface area contributed by atoms with Crippen LogP contribution in [-0.2, 0) is 41.7 Å². The number of nitrogens with one attached hydrogen (secondary N) is 1. The number of anilines is 1. The first-order valence-electron chi connectivity index (χ1n) is 15.5. The van der Waals surface area contributed by atoms with Crippen LogP contribution < -0.4 is 32.1 Å². The molecule has 0 fully saturated rings. The molecule has 0 radical (unpaired) electrons. The minimum Gasteiger partial charge on any atom is -0.496 e. The second kappa shape index (κ2) is 15.8. The van der Waals surface area contributed by atoms with Gasteiger partial charge in [-0.1, -0.05) is 30.3 Å². The first-order chi connectivity index (χ1) is 24.5. The molecule has 4 aromatic carbocycles. The number of benzene rings is 4. The number of methoxy groups -OCH3 is 2. The molecular weight excluding hydrogens is 755 g/mol. The summed E-state index contributed by atoms with van der Waals surface area (Å²) in [5.41, 5.74) is 1.33. The maximum absolute atomic E-state index is 12.6. The van der Waals surface area contributed by atoms with Gasteiger partial charge in [0.2, 0.25) is 0 Å². The average Bonchev–Trinajstić information content (AvgIpc) is 3.01. The standard InChI is InChI=1S/C35H39NO14S3/c1-35(2,3)47-34(37)36-25-11-9-10-22(18-25)21-46-28-17-14-24(19-29(28)49-52(7,40)41)31-30(44-4)20-27(32(45-5)33(31)50-53(8,42)43)23-12-15-26(16-13-23)48-51(6,38)39/h9-20H,21H2,1-8H3,(H,36,37). The van der Waals surface area contributed by atoms with Gasteiger partial charge in [0, 0.05) is 11.3 Å². The predicted octanol–water partition coefficient (Wildman–Crippen LogP) is 5.98. The molecule has 18 heteroatoms. The van der Waals surface area contributed by atoms with E-state index in [1.807, 2.05) is 0 Å². The summed E-state index contributed by atoms with van der Waals surface area (Å²) in [4.78, 5) is 12.3. The summed E-state index contributed by atoms with van der Waals surface area (Å²) in [6.07, 6.45) is 1.93. The third-order valence-electron chi connectivity index (χ3n) is 6.71. The van der Waals surface area contributed by atoms with Gasteiger partial charge < -0.3 is 31.5 Å². The normalized spacial score (nSPS) is 12.0. The number of hydrogen-bond donors (Lipinski definition) is 1. The van der Waals surface area contributed by atoms with E-state index >= 15 is 0 Å². The molecule has 0 heterocycles. The van der Waals surface area contributed by atoms with Gasteiger partial charge in [0.1, 0.15) is 23.7 Å². The van der Waals surface area contributed by atoms with Crippen LogP contribution >= 0.6 is 0 Å². The number of ether oxygens (including phenoxy) is 4. The Hall–Kier alpha value is -5.20. The molecule has 53 heavy (non-hydrogen) atoms. The summed E-state index contributed by atoms with van der Waals surface area (Å²) in [5, 5.41) is 2.65. The number of carbonyl (C=O) groups excluding carboxylic acids is 1. The van der Waals surface area contributed by atoms with Gasteiger partial charge in [-0.25, -0.2) is 4.79 Å². The van der Waals surface area contributed by atoms with Crippen molar-refractivity contribution >= 4 is 42.1 Å². The summed E-state index contributed by atoms with van der Waals surface area (Å²) in [6.45, 7) is 5.14. The molecule has 4 rings (SSSR count). The van der Waals surface area contributed by atoms with Crippen molar-refractivity contribution in [2.24, 2.45) is 0 Å². The first-order valence-corrected chi connectivity index (χ1v) is 20.9.